The molecule has 10 nitrogen and oxygen atoms in total. The summed E-state index contributed by atoms with van der Waals surface area (Å²) in [4.78, 5) is 22.1. The van der Waals surface area contributed by atoms with Crippen LogP contribution >= 0.6 is 0 Å². The number of carbonyl (C=O) groups excluding carboxylic acids is 2. The van der Waals surface area contributed by atoms with Crippen LogP contribution in [0.15, 0.2) is 24.3 Å². The molecule has 0 amide bonds. The van der Waals surface area contributed by atoms with E-state index in [1.807, 2.05) is 0 Å². The highest BCUT2D eigenvalue weighted by Gasteiger charge is 2.20. The molecule has 1 heterocycles. The van der Waals surface area contributed by atoms with Gasteiger partial charge in [0, 0.05) is 0 Å². The number of ether oxygens (including phenoxy) is 4. The number of fused-ring (bicyclic) bond motifs is 1. The topological polar surface area (TPSA) is 152 Å². The average molecular weight is 394 g/mol. The molecule has 0 bridgehead atoms. The van der Waals surface area contributed by atoms with E-state index in [4.69, 9.17) is 24.8 Å². The Bertz CT molecular complexity index is 867. The predicted molar refractivity (Wildman–Crippen MR) is 93.2 cm³/mol. The van der Waals surface area contributed by atoms with Crippen molar-refractivity contribution in [1.29, 1.82) is 0 Å². The lowest BCUT2D eigenvalue weighted by Gasteiger charge is -2.19. The molecule has 0 aromatic heterocycles. The highest BCUT2D eigenvalue weighted by Crippen LogP contribution is 2.39. The van der Waals surface area contributed by atoms with Gasteiger partial charge in [0.05, 0.1) is 25.3 Å². The van der Waals surface area contributed by atoms with Crippen LogP contribution in [-0.4, -0.2) is 59.8 Å². The van der Waals surface area contributed by atoms with Crippen molar-refractivity contribution in [3.63, 3.8) is 0 Å². The van der Waals surface area contributed by atoms with Gasteiger partial charge >= 0.3 is 11.9 Å². The van der Waals surface area contributed by atoms with E-state index in [0.717, 1.165) is 12.1 Å². The fourth-order valence-corrected chi connectivity index (χ4v) is 2.21. The molecule has 1 aliphatic heterocycles. The summed E-state index contributed by atoms with van der Waals surface area (Å²) in [7, 11) is 2.44. The lowest BCUT2D eigenvalue weighted by molar-refractivity contribution is 0.0590. The minimum atomic E-state index is -0.703. The fraction of sp³-hybridized carbons (Fsp3) is 0.222. The Hall–Kier alpha value is -3.82. The van der Waals surface area contributed by atoms with Crippen molar-refractivity contribution in [2.75, 3.05) is 27.4 Å². The predicted octanol–water partition coefficient (Wildman–Crippen LogP) is 1.54. The number of carbonyl (C=O) groups is 2. The molecule has 150 valence electrons. The molecule has 0 spiro atoms. The Morgan fingerprint density at radius 3 is 1.79 bits per heavy atom. The third-order valence-corrected chi connectivity index (χ3v) is 3.53. The van der Waals surface area contributed by atoms with E-state index < -0.39 is 29.2 Å². The van der Waals surface area contributed by atoms with Gasteiger partial charge in [-0.05, 0) is 24.3 Å². The van der Waals surface area contributed by atoms with Gasteiger partial charge in [-0.25, -0.2) is 9.59 Å². The van der Waals surface area contributed by atoms with E-state index in [2.05, 4.69) is 9.47 Å². The van der Waals surface area contributed by atoms with E-state index in [9.17, 15) is 14.7 Å². The number of benzene rings is 2. The maximum atomic E-state index is 11.2. The molecule has 0 atom stereocenters. The van der Waals surface area contributed by atoms with Crippen molar-refractivity contribution in [2.45, 2.75) is 0 Å². The zero-order valence-corrected chi connectivity index (χ0v) is 15.0. The number of phenolic OH excluding ortho intramolecular Hbond substituents is 4. The number of phenols is 4. The van der Waals surface area contributed by atoms with Crippen LogP contribution in [0.25, 0.3) is 0 Å². The van der Waals surface area contributed by atoms with Crippen molar-refractivity contribution in [1.82, 2.24) is 0 Å². The lowest BCUT2D eigenvalue weighted by atomic mass is 10.2. The molecule has 10 heteroatoms. The summed E-state index contributed by atoms with van der Waals surface area (Å²) in [5.41, 5.74) is 0.203. The molecule has 0 saturated heterocycles. The number of aromatic hydroxyl groups is 4. The molecule has 4 N–H and O–H groups in total. The first kappa shape index (κ1) is 20.5. The minimum Gasteiger partial charge on any atom is -0.504 e. The Morgan fingerprint density at radius 1 is 0.786 bits per heavy atom. The summed E-state index contributed by atoms with van der Waals surface area (Å²) < 4.78 is 19.3. The van der Waals surface area contributed by atoms with Crippen molar-refractivity contribution < 1.29 is 49.0 Å². The summed E-state index contributed by atoms with van der Waals surface area (Å²) in [6, 6.07) is 4.78. The molecule has 2 aromatic carbocycles. The maximum Gasteiger partial charge on any atom is 0.338 e. The van der Waals surface area contributed by atoms with E-state index >= 15 is 0 Å². The monoisotopic (exact) mass is 394 g/mol. The van der Waals surface area contributed by atoms with Gasteiger partial charge in [0.2, 0.25) is 5.75 Å². The summed E-state index contributed by atoms with van der Waals surface area (Å²) in [5, 5.41) is 36.5. The molecule has 28 heavy (non-hydrogen) atoms. The van der Waals surface area contributed by atoms with Gasteiger partial charge in [0.15, 0.2) is 28.7 Å². The minimum absolute atomic E-state index is 0.0321. The third kappa shape index (κ3) is 4.47. The summed E-state index contributed by atoms with van der Waals surface area (Å²) in [6.45, 7) is 0.787. The van der Waals surface area contributed by atoms with Crippen LogP contribution in [0.5, 0.6) is 34.5 Å². The van der Waals surface area contributed by atoms with E-state index in [-0.39, 0.29) is 22.6 Å². The number of hydrogen-bond donors (Lipinski definition) is 4. The number of rotatable bonds is 2. The van der Waals surface area contributed by atoms with Gasteiger partial charge in [-0.15, -0.1) is 0 Å². The van der Waals surface area contributed by atoms with Crippen LogP contribution in [0.1, 0.15) is 20.7 Å². The van der Waals surface area contributed by atoms with Crippen LogP contribution < -0.4 is 9.47 Å². The van der Waals surface area contributed by atoms with Crippen LogP contribution in [0.4, 0.5) is 0 Å². The first-order valence-corrected chi connectivity index (χ1v) is 7.82. The van der Waals surface area contributed by atoms with Gasteiger partial charge in [0.25, 0.3) is 0 Å². The van der Waals surface area contributed by atoms with Gasteiger partial charge in [-0.3, -0.25) is 0 Å². The largest absolute Gasteiger partial charge is 0.504 e. The Balaban J connectivity index is 0.000000203. The first-order valence-electron chi connectivity index (χ1n) is 7.82. The highest BCUT2D eigenvalue weighted by molar-refractivity contribution is 5.91. The van der Waals surface area contributed by atoms with Gasteiger partial charge in [-0.1, -0.05) is 0 Å². The first-order chi connectivity index (χ1) is 13.3. The van der Waals surface area contributed by atoms with Crippen molar-refractivity contribution in [2.24, 2.45) is 0 Å². The second-order valence-corrected chi connectivity index (χ2v) is 5.37. The van der Waals surface area contributed by atoms with Crippen molar-refractivity contribution in [3.8, 4) is 34.5 Å². The summed E-state index contributed by atoms with van der Waals surface area (Å²) >= 11 is 0. The fourth-order valence-electron chi connectivity index (χ4n) is 2.21. The number of hydrogen-bond acceptors (Lipinski definition) is 10. The maximum absolute atomic E-state index is 11.2. The van der Waals surface area contributed by atoms with Gasteiger partial charge in [-0.2, -0.15) is 0 Å². The Labute approximate surface area is 159 Å². The molecule has 0 unspecified atom stereocenters. The summed E-state index contributed by atoms with van der Waals surface area (Å²) in [6.07, 6.45) is 0. The second kappa shape index (κ2) is 8.71. The molecule has 0 radical (unpaired) electrons. The summed E-state index contributed by atoms with van der Waals surface area (Å²) in [5.74, 6) is -2.51. The molecular weight excluding hydrogens is 376 g/mol. The third-order valence-electron chi connectivity index (χ3n) is 3.53. The zero-order chi connectivity index (χ0) is 20.8. The molecule has 2 aromatic rings. The molecule has 0 saturated carbocycles. The van der Waals surface area contributed by atoms with Crippen molar-refractivity contribution in [3.05, 3.63) is 35.4 Å². The second-order valence-electron chi connectivity index (χ2n) is 5.37. The SMILES string of the molecule is COC(=O)c1cc(O)c(O)c(O)c1.COC(=O)c1cc(O)c2c(c1)OCCO2. The van der Waals surface area contributed by atoms with Crippen LogP contribution in [0.2, 0.25) is 0 Å². The Kier molecular flexibility index (Phi) is 6.38. The molecule has 1 aliphatic rings. The number of methoxy groups -OCH3 is 2. The normalized spacial score (nSPS) is 11.6. The van der Waals surface area contributed by atoms with Gasteiger partial charge in [0.1, 0.15) is 13.2 Å². The highest BCUT2D eigenvalue weighted by atomic mass is 16.6. The van der Waals surface area contributed by atoms with Crippen LogP contribution in [-0.2, 0) is 9.47 Å². The molecule has 0 aliphatic carbocycles. The van der Waals surface area contributed by atoms with Gasteiger partial charge < -0.3 is 39.4 Å². The average Bonchev–Trinajstić information content (AvgIpc) is 2.70. The smallest absolute Gasteiger partial charge is 0.338 e. The van der Waals surface area contributed by atoms with Crippen molar-refractivity contribution >= 4 is 11.9 Å². The zero-order valence-electron chi connectivity index (χ0n) is 15.0. The quantitative estimate of drug-likeness (QED) is 0.436. The Morgan fingerprint density at radius 2 is 1.25 bits per heavy atom. The molecule has 0 fully saturated rings. The van der Waals surface area contributed by atoms with E-state index in [1.165, 1.54) is 26.4 Å². The standard InChI is InChI=1S/C10H10O5.C8H8O5/c1-13-10(12)6-4-7(11)9-8(5-6)14-2-3-15-9;1-13-8(12)4-2-5(9)7(11)6(10)3-4/h4-5,11H,2-3H2,1H3;2-3,9-11H,1H3. The van der Waals surface area contributed by atoms with E-state index in [0.29, 0.717) is 19.0 Å². The van der Waals surface area contributed by atoms with E-state index in [1.54, 1.807) is 0 Å². The van der Waals surface area contributed by atoms with Crippen LogP contribution in [0, 0.1) is 0 Å². The molecule has 3 rings (SSSR count). The van der Waals surface area contributed by atoms with Crippen LogP contribution in [0.3, 0.4) is 0 Å². The molecular formula is C18H18O10. The number of esters is 2. The lowest BCUT2D eigenvalue weighted by Crippen LogP contribution is -2.16.